The van der Waals surface area contributed by atoms with Crippen LogP contribution in [0.1, 0.15) is 20.8 Å². The molecular weight excluding hydrogens is 256 g/mol. The smallest absolute Gasteiger partial charge is 0.226 e. The molecule has 1 saturated heterocycles. The molecule has 7 nitrogen and oxygen atoms in total. The highest BCUT2D eigenvalue weighted by atomic mass is 16.5. The van der Waals surface area contributed by atoms with Crippen LogP contribution in [0.3, 0.4) is 0 Å². The van der Waals surface area contributed by atoms with Crippen molar-refractivity contribution in [2.24, 2.45) is 0 Å². The quantitative estimate of drug-likeness (QED) is 0.882. The average Bonchev–Trinajstić information content (AvgIpc) is 2.89. The average molecular weight is 276 g/mol. The van der Waals surface area contributed by atoms with Gasteiger partial charge in [-0.05, 0) is 20.8 Å². The maximum absolute atomic E-state index is 5.69. The van der Waals surface area contributed by atoms with Gasteiger partial charge in [0.1, 0.15) is 5.82 Å². The topological polar surface area (TPSA) is 79.0 Å². The second-order valence-corrected chi connectivity index (χ2v) is 5.18. The summed E-state index contributed by atoms with van der Waals surface area (Å²) in [6.45, 7) is 8.57. The Balaban J connectivity index is 2.05. The Kier molecular flexibility index (Phi) is 3.43. The molecule has 3 heterocycles. The lowest BCUT2D eigenvalue weighted by Crippen LogP contribution is -2.48. The third-order valence-electron chi connectivity index (χ3n) is 3.50. The standard InChI is InChI=1S/C13H20N6O/c1-4-14-13-16-11-10(5-15-18-11)12(17-13)19-6-9(3)20-7-8(19)2/h5,8-9H,4,6-7H2,1-3H3,(H2,14,15,16,17,18). The number of hydrogen-bond acceptors (Lipinski definition) is 6. The van der Waals surface area contributed by atoms with Gasteiger partial charge in [0.2, 0.25) is 5.95 Å². The van der Waals surface area contributed by atoms with Gasteiger partial charge in [-0.2, -0.15) is 15.1 Å². The minimum Gasteiger partial charge on any atom is -0.375 e. The summed E-state index contributed by atoms with van der Waals surface area (Å²) < 4.78 is 5.69. The van der Waals surface area contributed by atoms with Crippen molar-refractivity contribution >= 4 is 22.8 Å². The van der Waals surface area contributed by atoms with Crippen molar-refractivity contribution in [1.29, 1.82) is 0 Å². The molecule has 108 valence electrons. The van der Waals surface area contributed by atoms with Crippen LogP contribution in [-0.4, -0.2) is 52.0 Å². The molecule has 0 saturated carbocycles. The van der Waals surface area contributed by atoms with E-state index in [1.54, 1.807) is 6.20 Å². The molecule has 2 atom stereocenters. The molecule has 1 aliphatic rings. The van der Waals surface area contributed by atoms with Crippen molar-refractivity contribution in [3.8, 4) is 0 Å². The molecule has 2 N–H and O–H groups in total. The number of hydrogen-bond donors (Lipinski definition) is 2. The van der Waals surface area contributed by atoms with Gasteiger partial charge in [0, 0.05) is 13.1 Å². The second-order valence-electron chi connectivity index (χ2n) is 5.18. The number of H-pyrrole nitrogens is 1. The van der Waals surface area contributed by atoms with Crippen LogP contribution in [-0.2, 0) is 4.74 Å². The Labute approximate surface area is 117 Å². The molecule has 20 heavy (non-hydrogen) atoms. The van der Waals surface area contributed by atoms with Gasteiger partial charge in [-0.15, -0.1) is 0 Å². The van der Waals surface area contributed by atoms with Crippen LogP contribution in [0.15, 0.2) is 6.20 Å². The third-order valence-corrected chi connectivity index (χ3v) is 3.50. The summed E-state index contributed by atoms with van der Waals surface area (Å²) in [5.41, 5.74) is 0.761. The van der Waals surface area contributed by atoms with Gasteiger partial charge >= 0.3 is 0 Å². The molecule has 0 amide bonds. The molecule has 1 fully saturated rings. The SMILES string of the molecule is CCNc1nc(N2CC(C)OCC2C)c2cn[nH]c2n1. The van der Waals surface area contributed by atoms with E-state index in [1.807, 2.05) is 6.92 Å². The Hall–Kier alpha value is -1.89. The largest absolute Gasteiger partial charge is 0.375 e. The van der Waals surface area contributed by atoms with Crippen LogP contribution in [0.2, 0.25) is 0 Å². The number of ether oxygens (including phenoxy) is 1. The van der Waals surface area contributed by atoms with E-state index in [0.29, 0.717) is 12.6 Å². The molecular formula is C13H20N6O. The number of anilines is 2. The predicted octanol–water partition coefficient (Wildman–Crippen LogP) is 1.40. The first-order valence-corrected chi connectivity index (χ1v) is 7.02. The second kappa shape index (κ2) is 5.24. The number of aromatic nitrogens is 4. The molecule has 2 aromatic rings. The van der Waals surface area contributed by atoms with Crippen LogP contribution in [0.4, 0.5) is 11.8 Å². The summed E-state index contributed by atoms with van der Waals surface area (Å²) in [5.74, 6) is 1.55. The van der Waals surface area contributed by atoms with Gasteiger partial charge in [0.15, 0.2) is 5.65 Å². The number of morpholine rings is 1. The highest BCUT2D eigenvalue weighted by Crippen LogP contribution is 2.27. The van der Waals surface area contributed by atoms with E-state index in [1.165, 1.54) is 0 Å². The Morgan fingerprint density at radius 2 is 2.30 bits per heavy atom. The van der Waals surface area contributed by atoms with Crippen LogP contribution < -0.4 is 10.2 Å². The van der Waals surface area contributed by atoms with E-state index >= 15 is 0 Å². The molecule has 0 aliphatic carbocycles. The molecule has 1 aliphatic heterocycles. The van der Waals surface area contributed by atoms with Crippen molar-refractivity contribution in [3.63, 3.8) is 0 Å². The maximum atomic E-state index is 5.69. The first-order chi connectivity index (χ1) is 9.69. The van der Waals surface area contributed by atoms with E-state index < -0.39 is 0 Å². The van der Waals surface area contributed by atoms with Gasteiger partial charge < -0.3 is 15.0 Å². The van der Waals surface area contributed by atoms with Gasteiger partial charge in [-0.1, -0.05) is 0 Å². The summed E-state index contributed by atoms with van der Waals surface area (Å²) in [5, 5.41) is 11.1. The highest BCUT2D eigenvalue weighted by molar-refractivity contribution is 5.87. The lowest BCUT2D eigenvalue weighted by molar-refractivity contribution is 0.0342. The normalized spacial score (nSPS) is 23.2. The fourth-order valence-electron chi connectivity index (χ4n) is 2.47. The van der Waals surface area contributed by atoms with Crippen molar-refractivity contribution in [3.05, 3.63) is 6.20 Å². The lowest BCUT2D eigenvalue weighted by Gasteiger charge is -2.37. The monoisotopic (exact) mass is 276 g/mol. The van der Waals surface area contributed by atoms with Crippen molar-refractivity contribution in [2.45, 2.75) is 32.9 Å². The van der Waals surface area contributed by atoms with E-state index in [4.69, 9.17) is 4.74 Å². The molecule has 2 aromatic heterocycles. The van der Waals surface area contributed by atoms with E-state index in [2.05, 4.69) is 44.2 Å². The first kappa shape index (κ1) is 13.1. The first-order valence-electron chi connectivity index (χ1n) is 7.02. The third kappa shape index (κ3) is 2.29. The van der Waals surface area contributed by atoms with Crippen LogP contribution >= 0.6 is 0 Å². The number of aromatic amines is 1. The van der Waals surface area contributed by atoms with Gasteiger partial charge in [-0.3, -0.25) is 5.10 Å². The predicted molar refractivity (Wildman–Crippen MR) is 78.1 cm³/mol. The zero-order chi connectivity index (χ0) is 14.1. The Bertz CT molecular complexity index is 598. The van der Waals surface area contributed by atoms with E-state index in [-0.39, 0.29) is 12.1 Å². The molecule has 0 bridgehead atoms. The lowest BCUT2D eigenvalue weighted by atomic mass is 10.2. The molecule has 3 rings (SSSR count). The van der Waals surface area contributed by atoms with E-state index in [0.717, 1.165) is 29.9 Å². The number of fused-ring (bicyclic) bond motifs is 1. The minimum atomic E-state index is 0.200. The van der Waals surface area contributed by atoms with Crippen LogP contribution in [0, 0.1) is 0 Å². The summed E-state index contributed by atoms with van der Waals surface area (Å²) in [7, 11) is 0. The van der Waals surface area contributed by atoms with Gasteiger partial charge in [0.05, 0.1) is 30.3 Å². The summed E-state index contributed by atoms with van der Waals surface area (Å²) >= 11 is 0. The summed E-state index contributed by atoms with van der Waals surface area (Å²) in [6.07, 6.45) is 1.98. The molecule has 0 spiro atoms. The fourth-order valence-corrected chi connectivity index (χ4v) is 2.47. The number of rotatable bonds is 3. The summed E-state index contributed by atoms with van der Waals surface area (Å²) in [4.78, 5) is 11.4. The van der Waals surface area contributed by atoms with Crippen LogP contribution in [0.25, 0.3) is 11.0 Å². The molecule has 2 unspecified atom stereocenters. The Morgan fingerprint density at radius 1 is 1.45 bits per heavy atom. The maximum Gasteiger partial charge on any atom is 0.226 e. The minimum absolute atomic E-state index is 0.200. The molecule has 0 radical (unpaired) electrons. The molecule has 0 aromatic carbocycles. The number of nitrogens with one attached hydrogen (secondary N) is 2. The Morgan fingerprint density at radius 3 is 3.10 bits per heavy atom. The van der Waals surface area contributed by atoms with Gasteiger partial charge in [0.25, 0.3) is 0 Å². The number of nitrogens with zero attached hydrogens (tertiary/aromatic N) is 4. The van der Waals surface area contributed by atoms with Crippen LogP contribution in [0.5, 0.6) is 0 Å². The van der Waals surface area contributed by atoms with Crippen molar-refractivity contribution < 1.29 is 4.74 Å². The van der Waals surface area contributed by atoms with Gasteiger partial charge in [-0.25, -0.2) is 0 Å². The summed E-state index contributed by atoms with van der Waals surface area (Å²) in [6, 6.07) is 0.286. The fraction of sp³-hybridized carbons (Fsp3) is 0.615. The zero-order valence-corrected chi connectivity index (χ0v) is 12.1. The highest BCUT2D eigenvalue weighted by Gasteiger charge is 2.27. The van der Waals surface area contributed by atoms with E-state index in [9.17, 15) is 0 Å². The van der Waals surface area contributed by atoms with Crippen molar-refractivity contribution in [1.82, 2.24) is 20.2 Å². The molecule has 7 heteroatoms. The van der Waals surface area contributed by atoms with Crippen molar-refractivity contribution in [2.75, 3.05) is 29.9 Å². The zero-order valence-electron chi connectivity index (χ0n) is 12.1.